The summed E-state index contributed by atoms with van der Waals surface area (Å²) in [6, 6.07) is 16.1. The molecule has 0 saturated carbocycles. The number of esters is 1. The fraction of sp³-hybridized carbons (Fsp3) is 0.115. The van der Waals surface area contributed by atoms with Crippen molar-refractivity contribution in [1.29, 1.82) is 0 Å². The van der Waals surface area contributed by atoms with Crippen LogP contribution in [0.15, 0.2) is 75.9 Å². The van der Waals surface area contributed by atoms with E-state index in [9.17, 15) is 18.8 Å². The lowest BCUT2D eigenvalue weighted by Gasteiger charge is -2.25. The van der Waals surface area contributed by atoms with Crippen molar-refractivity contribution in [3.63, 3.8) is 0 Å². The number of carbonyl (C=O) groups is 2. The second-order valence-electron chi connectivity index (χ2n) is 7.89. The summed E-state index contributed by atoms with van der Waals surface area (Å²) in [6.07, 6.45) is 0. The van der Waals surface area contributed by atoms with Gasteiger partial charge in [-0.05, 0) is 53.6 Å². The van der Waals surface area contributed by atoms with Gasteiger partial charge in [0.2, 0.25) is 5.76 Å². The summed E-state index contributed by atoms with van der Waals surface area (Å²) in [5.41, 5.74) is 1.70. The smallest absolute Gasteiger partial charge is 0.337 e. The lowest BCUT2D eigenvalue weighted by Crippen LogP contribution is -2.29. The van der Waals surface area contributed by atoms with Gasteiger partial charge in [0.1, 0.15) is 11.4 Å². The summed E-state index contributed by atoms with van der Waals surface area (Å²) in [5.74, 6) is -1.41. The Morgan fingerprint density at radius 1 is 1.06 bits per heavy atom. The summed E-state index contributed by atoms with van der Waals surface area (Å²) < 4.78 is 24.1. The Bertz CT molecular complexity index is 1500. The number of carbonyl (C=O) groups excluding carboxylic acids is 2. The number of hydrogen-bond acceptors (Lipinski definition) is 5. The van der Waals surface area contributed by atoms with Crippen LogP contribution in [0.5, 0.6) is 0 Å². The van der Waals surface area contributed by atoms with Gasteiger partial charge in [0.05, 0.1) is 29.7 Å². The van der Waals surface area contributed by atoms with Crippen molar-refractivity contribution in [2.75, 3.05) is 7.11 Å². The molecule has 4 aromatic rings. The van der Waals surface area contributed by atoms with Crippen LogP contribution in [0.4, 0.5) is 4.39 Å². The van der Waals surface area contributed by atoms with E-state index in [0.717, 1.165) is 0 Å². The van der Waals surface area contributed by atoms with Crippen molar-refractivity contribution < 1.29 is 23.1 Å². The molecule has 1 aliphatic heterocycles. The van der Waals surface area contributed by atoms with E-state index in [-0.39, 0.29) is 34.3 Å². The van der Waals surface area contributed by atoms with Crippen LogP contribution in [-0.4, -0.2) is 23.9 Å². The molecule has 1 amide bonds. The van der Waals surface area contributed by atoms with Crippen LogP contribution in [0.2, 0.25) is 5.02 Å². The third kappa shape index (κ3) is 3.64. The third-order valence-electron chi connectivity index (χ3n) is 5.84. The van der Waals surface area contributed by atoms with E-state index in [4.69, 9.17) is 20.8 Å². The topological polar surface area (TPSA) is 76.8 Å². The fourth-order valence-electron chi connectivity index (χ4n) is 4.21. The van der Waals surface area contributed by atoms with Crippen LogP contribution in [0.3, 0.4) is 0 Å². The van der Waals surface area contributed by atoms with Crippen molar-refractivity contribution in [3.05, 3.63) is 116 Å². The molecule has 0 saturated heterocycles. The molecular formula is C26H17ClFNO5. The molecule has 5 rings (SSSR count). The Kier molecular flexibility index (Phi) is 5.42. The Balaban J connectivity index is 1.68. The summed E-state index contributed by atoms with van der Waals surface area (Å²) in [7, 11) is 1.29. The molecule has 0 fully saturated rings. The number of hydrogen-bond donors (Lipinski definition) is 0. The normalized spacial score (nSPS) is 15.0. The first kappa shape index (κ1) is 21.9. The van der Waals surface area contributed by atoms with Gasteiger partial charge < -0.3 is 14.1 Å². The second-order valence-corrected chi connectivity index (χ2v) is 8.33. The molecule has 170 valence electrons. The lowest BCUT2D eigenvalue weighted by molar-refractivity contribution is 0.0599. The molecule has 34 heavy (non-hydrogen) atoms. The molecule has 0 radical (unpaired) electrons. The molecule has 0 aliphatic carbocycles. The van der Waals surface area contributed by atoms with Gasteiger partial charge in [0, 0.05) is 11.6 Å². The van der Waals surface area contributed by atoms with Crippen LogP contribution >= 0.6 is 11.6 Å². The number of ether oxygens (including phenoxy) is 1. The van der Waals surface area contributed by atoms with Crippen molar-refractivity contribution >= 4 is 34.4 Å². The Morgan fingerprint density at radius 2 is 1.76 bits per heavy atom. The Labute approximate surface area is 198 Å². The van der Waals surface area contributed by atoms with E-state index in [1.54, 1.807) is 48.5 Å². The Morgan fingerprint density at radius 3 is 2.44 bits per heavy atom. The van der Waals surface area contributed by atoms with Gasteiger partial charge in [-0.25, -0.2) is 9.18 Å². The van der Waals surface area contributed by atoms with Crippen molar-refractivity contribution in [3.8, 4) is 0 Å². The molecule has 6 nitrogen and oxygen atoms in total. The number of nitrogens with zero attached hydrogens (tertiary/aromatic N) is 1. The first-order valence-corrected chi connectivity index (χ1v) is 10.7. The first-order chi connectivity index (χ1) is 16.4. The van der Waals surface area contributed by atoms with E-state index < -0.39 is 23.7 Å². The maximum absolute atomic E-state index is 13.5. The van der Waals surface area contributed by atoms with Gasteiger partial charge in [-0.15, -0.1) is 0 Å². The minimum Gasteiger partial charge on any atom is -0.465 e. The zero-order chi connectivity index (χ0) is 24.0. The molecular weight excluding hydrogens is 461 g/mol. The van der Waals surface area contributed by atoms with Crippen LogP contribution in [-0.2, 0) is 11.3 Å². The first-order valence-electron chi connectivity index (χ1n) is 10.4. The molecule has 0 N–H and O–H groups in total. The third-order valence-corrected chi connectivity index (χ3v) is 6.08. The van der Waals surface area contributed by atoms with Crippen molar-refractivity contribution in [2.45, 2.75) is 12.6 Å². The van der Waals surface area contributed by atoms with E-state index in [1.165, 1.54) is 30.2 Å². The van der Waals surface area contributed by atoms with Gasteiger partial charge >= 0.3 is 5.97 Å². The molecule has 2 heterocycles. The summed E-state index contributed by atoms with van der Waals surface area (Å²) in [4.78, 5) is 40.4. The summed E-state index contributed by atoms with van der Waals surface area (Å²) in [6.45, 7) is 0.114. The number of fused-ring (bicyclic) bond motifs is 2. The zero-order valence-electron chi connectivity index (χ0n) is 17.9. The molecule has 1 atom stereocenters. The molecule has 1 aromatic heterocycles. The highest BCUT2D eigenvalue weighted by Crippen LogP contribution is 2.39. The van der Waals surface area contributed by atoms with Crippen LogP contribution in [0.1, 0.15) is 43.6 Å². The van der Waals surface area contributed by atoms with Crippen molar-refractivity contribution in [1.82, 2.24) is 4.90 Å². The summed E-state index contributed by atoms with van der Waals surface area (Å²) in [5, 5.41) is 0.630. The molecule has 8 heteroatoms. The minimum absolute atomic E-state index is 0.0519. The number of benzene rings is 3. The predicted octanol–water partition coefficient (Wildman–Crippen LogP) is 5.12. The molecule has 1 aliphatic rings. The molecule has 0 bridgehead atoms. The highest BCUT2D eigenvalue weighted by atomic mass is 35.5. The largest absolute Gasteiger partial charge is 0.465 e. The average Bonchev–Trinajstić information content (AvgIpc) is 3.12. The number of rotatable bonds is 4. The van der Waals surface area contributed by atoms with E-state index in [2.05, 4.69) is 0 Å². The average molecular weight is 478 g/mol. The van der Waals surface area contributed by atoms with Crippen LogP contribution < -0.4 is 5.43 Å². The zero-order valence-corrected chi connectivity index (χ0v) is 18.6. The maximum atomic E-state index is 13.5. The SMILES string of the molecule is COC(=O)c1ccc(C2c3c(oc4ccc(Cl)cc4c3=O)C(=O)N2Cc2ccc(F)cc2)cc1. The van der Waals surface area contributed by atoms with Crippen LogP contribution in [0.25, 0.3) is 11.0 Å². The van der Waals surface area contributed by atoms with Gasteiger partial charge in [0.25, 0.3) is 5.91 Å². The highest BCUT2D eigenvalue weighted by molar-refractivity contribution is 6.31. The predicted molar refractivity (Wildman–Crippen MR) is 123 cm³/mol. The quantitative estimate of drug-likeness (QED) is 0.381. The highest BCUT2D eigenvalue weighted by Gasteiger charge is 2.42. The summed E-state index contributed by atoms with van der Waals surface area (Å²) >= 11 is 6.10. The van der Waals surface area contributed by atoms with Gasteiger partial charge in [-0.2, -0.15) is 0 Å². The maximum Gasteiger partial charge on any atom is 0.337 e. The lowest BCUT2D eigenvalue weighted by atomic mass is 9.97. The van der Waals surface area contributed by atoms with Crippen LogP contribution in [0, 0.1) is 5.82 Å². The second kappa shape index (κ2) is 8.43. The Hall–Kier alpha value is -3.97. The van der Waals surface area contributed by atoms with E-state index in [1.807, 2.05) is 0 Å². The monoisotopic (exact) mass is 477 g/mol. The van der Waals surface area contributed by atoms with Gasteiger partial charge in [-0.3, -0.25) is 9.59 Å². The molecule has 1 unspecified atom stereocenters. The van der Waals surface area contributed by atoms with E-state index >= 15 is 0 Å². The standard InChI is InChI=1S/C26H17ClFNO5/c1-33-26(32)16-6-4-15(5-7-16)22-21-23(30)19-12-17(27)8-11-20(19)34-24(21)25(31)29(22)13-14-2-9-18(28)10-3-14/h2-12,22H,13H2,1H3. The minimum atomic E-state index is -0.779. The molecule has 0 spiro atoms. The van der Waals surface area contributed by atoms with Crippen molar-refractivity contribution in [2.24, 2.45) is 0 Å². The van der Waals surface area contributed by atoms with E-state index in [0.29, 0.717) is 21.7 Å². The van der Waals surface area contributed by atoms with Gasteiger partial charge in [0.15, 0.2) is 5.43 Å². The fourth-order valence-corrected chi connectivity index (χ4v) is 4.38. The van der Waals surface area contributed by atoms with Gasteiger partial charge in [-0.1, -0.05) is 35.9 Å². The number of amides is 1. The number of halogens is 2. The molecule has 3 aromatic carbocycles. The number of methoxy groups -OCH3 is 1.